The number of aromatic nitrogens is 1. The maximum Gasteiger partial charge on any atom is 0.251 e. The lowest BCUT2D eigenvalue weighted by atomic mass is 9.78. The molecule has 144 valence electrons. The number of carbonyl (C=O) groups excluding carboxylic acids is 1. The van der Waals surface area contributed by atoms with Gasteiger partial charge in [-0.2, -0.15) is 0 Å². The van der Waals surface area contributed by atoms with Gasteiger partial charge in [-0.15, -0.1) is 0 Å². The van der Waals surface area contributed by atoms with Crippen molar-refractivity contribution in [1.29, 1.82) is 0 Å². The predicted molar refractivity (Wildman–Crippen MR) is 98.3 cm³/mol. The van der Waals surface area contributed by atoms with Crippen LogP contribution in [0.5, 0.6) is 0 Å². The molecule has 2 atom stereocenters. The van der Waals surface area contributed by atoms with Crippen molar-refractivity contribution in [2.45, 2.75) is 56.0 Å². The zero-order valence-electron chi connectivity index (χ0n) is 15.4. The van der Waals surface area contributed by atoms with E-state index in [4.69, 9.17) is 0 Å². The van der Waals surface area contributed by atoms with Gasteiger partial charge in [0.05, 0.1) is 4.90 Å². The first-order valence-electron chi connectivity index (χ1n) is 9.23. The Labute approximate surface area is 154 Å². The number of hydrogen-bond donors (Lipinski definition) is 0. The molecule has 0 spiro atoms. The Morgan fingerprint density at radius 2 is 1.85 bits per heavy atom. The van der Waals surface area contributed by atoms with Crippen LogP contribution < -0.4 is 5.56 Å². The van der Waals surface area contributed by atoms with E-state index in [1.807, 2.05) is 4.90 Å². The van der Waals surface area contributed by atoms with E-state index >= 15 is 0 Å². The summed E-state index contributed by atoms with van der Waals surface area (Å²) in [5.74, 6) is 0.474. The third-order valence-corrected chi connectivity index (χ3v) is 7.40. The first-order chi connectivity index (χ1) is 12.3. The molecule has 1 amide bonds. The lowest BCUT2D eigenvalue weighted by Crippen LogP contribution is -2.51. The summed E-state index contributed by atoms with van der Waals surface area (Å²) in [6.45, 7) is 0.614. The normalized spacial score (nSPS) is 23.7. The topological polar surface area (TPSA) is 79.7 Å². The van der Waals surface area contributed by atoms with Gasteiger partial charge < -0.3 is 9.47 Å². The highest BCUT2D eigenvalue weighted by atomic mass is 32.2. The van der Waals surface area contributed by atoms with Crippen LogP contribution in [0.25, 0.3) is 0 Å². The molecule has 0 N–H and O–H groups in total. The monoisotopic (exact) mass is 381 g/mol. The van der Waals surface area contributed by atoms with Crippen LogP contribution >= 0.6 is 0 Å². The van der Waals surface area contributed by atoms with Gasteiger partial charge in [-0.1, -0.05) is 12.8 Å². The van der Waals surface area contributed by atoms with Crippen molar-refractivity contribution in [2.75, 3.05) is 20.6 Å². The molecule has 0 radical (unpaired) electrons. The molecule has 1 saturated heterocycles. The minimum absolute atomic E-state index is 0.0177. The number of pyridine rings is 1. The Bertz CT molecular complexity index is 829. The minimum Gasteiger partial charge on any atom is -0.338 e. The van der Waals surface area contributed by atoms with Gasteiger partial charge in [0.1, 0.15) is 6.54 Å². The van der Waals surface area contributed by atoms with Crippen molar-refractivity contribution in [1.82, 2.24) is 13.8 Å². The largest absolute Gasteiger partial charge is 0.338 e. The Morgan fingerprint density at radius 1 is 1.15 bits per heavy atom. The van der Waals surface area contributed by atoms with E-state index in [0.29, 0.717) is 5.92 Å². The molecule has 0 unspecified atom stereocenters. The van der Waals surface area contributed by atoms with E-state index in [1.54, 1.807) is 0 Å². The number of amides is 1. The quantitative estimate of drug-likeness (QED) is 0.787. The Kier molecular flexibility index (Phi) is 5.53. The van der Waals surface area contributed by atoms with Crippen LogP contribution in [0.4, 0.5) is 0 Å². The fourth-order valence-corrected chi connectivity index (χ4v) is 5.09. The molecule has 1 aromatic heterocycles. The molecule has 2 aliphatic rings. The maximum absolute atomic E-state index is 12.9. The molecular formula is C18H27N3O4S. The SMILES string of the molecule is CN(C)S(=O)(=O)c1ccc(=O)n(CC(=O)N2CCC[C@@H]3CCCC[C@H]32)c1. The van der Waals surface area contributed by atoms with Gasteiger partial charge in [0, 0.05) is 38.9 Å². The summed E-state index contributed by atoms with van der Waals surface area (Å²) in [5.41, 5.74) is -0.367. The van der Waals surface area contributed by atoms with Gasteiger partial charge in [-0.3, -0.25) is 9.59 Å². The third kappa shape index (κ3) is 3.71. The number of sulfonamides is 1. The Balaban J connectivity index is 1.82. The molecule has 2 heterocycles. The van der Waals surface area contributed by atoms with Crippen LogP contribution in [-0.2, 0) is 21.4 Å². The van der Waals surface area contributed by atoms with Crippen LogP contribution in [0.2, 0.25) is 0 Å². The standard InChI is InChI=1S/C18H27N3O4S/c1-19(2)26(24,25)15-9-10-17(22)20(12-15)13-18(23)21-11-5-7-14-6-3-4-8-16(14)21/h9-10,12,14,16H,3-8,11,13H2,1-2H3/t14-,16+/m0/s1. The van der Waals surface area contributed by atoms with Gasteiger partial charge >= 0.3 is 0 Å². The van der Waals surface area contributed by atoms with Crippen LogP contribution in [0.1, 0.15) is 38.5 Å². The molecule has 26 heavy (non-hydrogen) atoms. The summed E-state index contributed by atoms with van der Waals surface area (Å²) in [6.07, 6.45) is 8.01. The highest BCUT2D eigenvalue weighted by Gasteiger charge is 2.35. The van der Waals surface area contributed by atoms with Gasteiger partial charge in [-0.05, 0) is 37.7 Å². The number of nitrogens with zero attached hydrogens (tertiary/aromatic N) is 3. The first-order valence-corrected chi connectivity index (χ1v) is 10.7. The number of carbonyl (C=O) groups is 1. The molecule has 0 bridgehead atoms. The Hall–Kier alpha value is -1.67. The van der Waals surface area contributed by atoms with Crippen molar-refractivity contribution in [2.24, 2.45) is 5.92 Å². The molecule has 1 saturated carbocycles. The van der Waals surface area contributed by atoms with Gasteiger partial charge in [0.25, 0.3) is 5.56 Å². The zero-order chi connectivity index (χ0) is 18.9. The van der Waals surface area contributed by atoms with Crippen molar-refractivity contribution >= 4 is 15.9 Å². The summed E-state index contributed by atoms with van der Waals surface area (Å²) in [5, 5.41) is 0. The van der Waals surface area contributed by atoms with Crippen LogP contribution in [0, 0.1) is 5.92 Å². The van der Waals surface area contributed by atoms with E-state index in [9.17, 15) is 18.0 Å². The number of hydrogen-bond acceptors (Lipinski definition) is 4. The number of piperidine rings is 1. The number of fused-ring (bicyclic) bond motifs is 1. The summed E-state index contributed by atoms with van der Waals surface area (Å²) < 4.78 is 26.9. The predicted octanol–water partition coefficient (Wildman–Crippen LogP) is 1.28. The van der Waals surface area contributed by atoms with E-state index in [-0.39, 0.29) is 28.9 Å². The molecular weight excluding hydrogens is 354 g/mol. The highest BCUT2D eigenvalue weighted by Crippen LogP contribution is 2.35. The van der Waals surface area contributed by atoms with Crippen molar-refractivity contribution in [3.8, 4) is 0 Å². The van der Waals surface area contributed by atoms with E-state index in [2.05, 4.69) is 0 Å². The maximum atomic E-state index is 12.9. The smallest absolute Gasteiger partial charge is 0.251 e. The van der Waals surface area contributed by atoms with E-state index < -0.39 is 10.0 Å². The van der Waals surface area contributed by atoms with Crippen LogP contribution in [0.3, 0.4) is 0 Å². The number of rotatable bonds is 4. The number of likely N-dealkylation sites (tertiary alicyclic amines) is 1. The fraction of sp³-hybridized carbons (Fsp3) is 0.667. The molecule has 1 aromatic rings. The summed E-state index contributed by atoms with van der Waals surface area (Å²) in [7, 11) is -0.772. The molecule has 1 aliphatic carbocycles. The average Bonchev–Trinajstić information content (AvgIpc) is 2.62. The second kappa shape index (κ2) is 7.52. The minimum atomic E-state index is -3.65. The molecule has 8 heteroatoms. The first kappa shape index (κ1) is 19.1. The summed E-state index contributed by atoms with van der Waals surface area (Å²) >= 11 is 0. The second-order valence-corrected chi connectivity index (χ2v) is 9.61. The van der Waals surface area contributed by atoms with Gasteiger partial charge in [-0.25, -0.2) is 12.7 Å². The second-order valence-electron chi connectivity index (χ2n) is 7.46. The highest BCUT2D eigenvalue weighted by molar-refractivity contribution is 7.89. The summed E-state index contributed by atoms with van der Waals surface area (Å²) in [4.78, 5) is 27.0. The van der Waals surface area contributed by atoms with Crippen molar-refractivity contribution in [3.05, 3.63) is 28.7 Å². The fourth-order valence-electron chi connectivity index (χ4n) is 4.17. The van der Waals surface area contributed by atoms with Crippen LogP contribution in [-0.4, -0.2) is 54.8 Å². The van der Waals surface area contributed by atoms with E-state index in [0.717, 1.165) is 30.1 Å². The molecule has 7 nitrogen and oxygen atoms in total. The molecule has 3 rings (SSSR count). The lowest BCUT2D eigenvalue weighted by Gasteiger charge is -2.44. The van der Waals surface area contributed by atoms with Crippen molar-refractivity contribution in [3.63, 3.8) is 0 Å². The lowest BCUT2D eigenvalue weighted by molar-refractivity contribution is -0.138. The van der Waals surface area contributed by atoms with Crippen molar-refractivity contribution < 1.29 is 13.2 Å². The van der Waals surface area contributed by atoms with E-state index in [1.165, 1.54) is 56.3 Å². The van der Waals surface area contributed by atoms with Gasteiger partial charge in [0.15, 0.2) is 0 Å². The van der Waals surface area contributed by atoms with Crippen LogP contribution in [0.15, 0.2) is 28.0 Å². The molecule has 0 aromatic carbocycles. The molecule has 2 fully saturated rings. The third-order valence-electron chi connectivity index (χ3n) is 5.60. The summed E-state index contributed by atoms with van der Waals surface area (Å²) in [6, 6.07) is 2.77. The average molecular weight is 381 g/mol. The van der Waals surface area contributed by atoms with Gasteiger partial charge in [0.2, 0.25) is 15.9 Å². The molecule has 1 aliphatic heterocycles. The Morgan fingerprint density at radius 3 is 2.58 bits per heavy atom. The zero-order valence-corrected chi connectivity index (χ0v) is 16.2.